The molecule has 0 fully saturated rings. The van der Waals surface area contributed by atoms with Crippen LogP contribution in [0.3, 0.4) is 0 Å². The van der Waals surface area contributed by atoms with Crippen molar-refractivity contribution in [2.45, 2.75) is 0 Å². The first-order valence-electron chi connectivity index (χ1n) is 22.7. The average molecular weight is 840 g/mol. The number of furan rings is 1. The maximum absolute atomic E-state index is 6.74. The molecule has 0 atom stereocenters. The highest BCUT2D eigenvalue weighted by molar-refractivity contribution is 6.23. The van der Waals surface area contributed by atoms with Crippen molar-refractivity contribution in [1.82, 2.24) is 0 Å². The van der Waals surface area contributed by atoms with E-state index in [1.807, 2.05) is 0 Å². The van der Waals surface area contributed by atoms with Gasteiger partial charge in [-0.1, -0.05) is 200 Å². The van der Waals surface area contributed by atoms with Crippen LogP contribution in [0.2, 0.25) is 0 Å². The number of rotatable bonds is 7. The molecule has 13 rings (SSSR count). The third kappa shape index (κ3) is 6.18. The highest BCUT2D eigenvalue weighted by Gasteiger charge is 2.22. The van der Waals surface area contributed by atoms with Crippen LogP contribution >= 0.6 is 0 Å². The van der Waals surface area contributed by atoms with E-state index in [9.17, 15) is 0 Å². The van der Waals surface area contributed by atoms with E-state index >= 15 is 0 Å². The van der Waals surface area contributed by atoms with Crippen molar-refractivity contribution in [3.05, 3.63) is 249 Å². The zero-order valence-electron chi connectivity index (χ0n) is 36.0. The van der Waals surface area contributed by atoms with Gasteiger partial charge in [0, 0.05) is 22.1 Å². The minimum atomic E-state index is 0.862. The Hall–Kier alpha value is -8.72. The lowest BCUT2D eigenvalue weighted by molar-refractivity contribution is 0.672. The number of hydrogen-bond donors (Lipinski definition) is 0. The average Bonchev–Trinajstić information content (AvgIpc) is 3.79. The predicted molar refractivity (Wildman–Crippen MR) is 280 cm³/mol. The van der Waals surface area contributed by atoms with Gasteiger partial charge >= 0.3 is 0 Å². The van der Waals surface area contributed by atoms with Crippen LogP contribution in [0.25, 0.3) is 110 Å². The van der Waals surface area contributed by atoms with Crippen molar-refractivity contribution in [1.29, 1.82) is 0 Å². The van der Waals surface area contributed by atoms with Crippen LogP contribution in [0.4, 0.5) is 17.1 Å². The minimum Gasteiger partial charge on any atom is -0.455 e. The molecular formula is C64H41NO. The first kappa shape index (κ1) is 37.8. The zero-order chi connectivity index (χ0) is 43.6. The maximum atomic E-state index is 6.74. The number of fused-ring (bicyclic) bond motifs is 9. The fourth-order valence-corrected chi connectivity index (χ4v) is 10.4. The van der Waals surface area contributed by atoms with Gasteiger partial charge in [-0.05, 0) is 131 Å². The first-order chi connectivity index (χ1) is 32.7. The molecule has 0 saturated heterocycles. The second kappa shape index (κ2) is 15.5. The number of hydrogen-bond acceptors (Lipinski definition) is 2. The van der Waals surface area contributed by atoms with Crippen molar-refractivity contribution in [3.8, 4) is 44.5 Å². The van der Waals surface area contributed by atoms with E-state index in [1.165, 1.54) is 71.3 Å². The van der Waals surface area contributed by atoms with E-state index < -0.39 is 0 Å². The Kier molecular flexibility index (Phi) is 8.89. The molecule has 13 aromatic rings. The molecule has 1 heterocycles. The van der Waals surface area contributed by atoms with Crippen molar-refractivity contribution in [2.75, 3.05) is 4.90 Å². The van der Waals surface area contributed by atoms with E-state index in [2.05, 4.69) is 254 Å². The lowest BCUT2D eigenvalue weighted by Gasteiger charge is -2.27. The van der Waals surface area contributed by atoms with Crippen molar-refractivity contribution < 1.29 is 4.42 Å². The summed E-state index contributed by atoms with van der Waals surface area (Å²) in [7, 11) is 0. The fraction of sp³-hybridized carbons (Fsp3) is 0. The number of benzene rings is 12. The molecule has 2 heteroatoms. The molecule has 0 amide bonds. The van der Waals surface area contributed by atoms with Crippen LogP contribution in [0.1, 0.15) is 0 Å². The Bertz CT molecular complexity index is 3960. The van der Waals surface area contributed by atoms with E-state index in [1.54, 1.807) is 0 Å². The topological polar surface area (TPSA) is 16.4 Å². The Labute approximate surface area is 382 Å². The number of anilines is 3. The second-order valence-corrected chi connectivity index (χ2v) is 17.2. The van der Waals surface area contributed by atoms with Gasteiger partial charge in [0.2, 0.25) is 0 Å². The molecule has 0 bridgehead atoms. The Morgan fingerprint density at radius 3 is 1.52 bits per heavy atom. The molecule has 0 aliphatic heterocycles. The highest BCUT2D eigenvalue weighted by Crippen LogP contribution is 2.47. The van der Waals surface area contributed by atoms with Gasteiger partial charge in [0.25, 0.3) is 0 Å². The smallest absolute Gasteiger partial charge is 0.143 e. The van der Waals surface area contributed by atoms with Gasteiger partial charge < -0.3 is 9.32 Å². The first-order valence-corrected chi connectivity index (χ1v) is 22.7. The van der Waals surface area contributed by atoms with Crippen LogP contribution in [0, 0.1) is 0 Å². The fourth-order valence-electron chi connectivity index (χ4n) is 10.4. The second-order valence-electron chi connectivity index (χ2n) is 17.2. The standard InChI is InChI=1S/C64H41NO/c1-3-17-46(18-4-1)61-56-25-12-11-24-54(56)55-39-34-48(41-58(55)62(61)47-19-5-2-6-20-47)42-29-35-49(36-30-42)65(50-37-31-45(32-38-50)52-26-13-21-43-15-7-9-22-51(43)52)59-27-14-28-60-63(59)57-40-33-44-16-8-10-23-53(44)64(57)66-60/h1-41H. The molecule has 12 aromatic carbocycles. The summed E-state index contributed by atoms with van der Waals surface area (Å²) >= 11 is 0. The van der Waals surface area contributed by atoms with E-state index in [4.69, 9.17) is 4.42 Å². The Morgan fingerprint density at radius 1 is 0.288 bits per heavy atom. The Morgan fingerprint density at radius 2 is 0.803 bits per heavy atom. The van der Waals surface area contributed by atoms with Crippen LogP contribution in [0.15, 0.2) is 253 Å². The van der Waals surface area contributed by atoms with Gasteiger partial charge in [0.1, 0.15) is 11.2 Å². The Balaban J connectivity index is 0.984. The molecule has 0 saturated carbocycles. The van der Waals surface area contributed by atoms with Gasteiger partial charge in [0.15, 0.2) is 0 Å². The van der Waals surface area contributed by atoms with Crippen molar-refractivity contribution in [2.24, 2.45) is 0 Å². The SMILES string of the molecule is c1ccc(-c2c(-c3ccccc3)c3cc(-c4ccc(N(c5ccc(-c6cccc7ccccc67)cc5)c5cccc6oc7c8ccccc8ccc7c56)cc4)ccc3c3ccccc23)cc1. The lowest BCUT2D eigenvalue weighted by atomic mass is 9.84. The quantitative estimate of drug-likeness (QED) is 0.149. The maximum Gasteiger partial charge on any atom is 0.143 e. The van der Waals surface area contributed by atoms with Crippen molar-refractivity contribution in [3.63, 3.8) is 0 Å². The summed E-state index contributed by atoms with van der Waals surface area (Å²) in [4.78, 5) is 2.38. The molecule has 0 N–H and O–H groups in total. The van der Waals surface area contributed by atoms with E-state index in [-0.39, 0.29) is 0 Å². The summed E-state index contributed by atoms with van der Waals surface area (Å²) in [6, 6.07) is 90.2. The third-order valence-electron chi connectivity index (χ3n) is 13.4. The van der Waals surface area contributed by atoms with E-state index in [0.717, 1.165) is 55.3 Å². The highest BCUT2D eigenvalue weighted by atomic mass is 16.3. The summed E-state index contributed by atoms with van der Waals surface area (Å²) in [5.74, 6) is 0. The van der Waals surface area contributed by atoms with Crippen LogP contribution < -0.4 is 4.90 Å². The van der Waals surface area contributed by atoms with Crippen molar-refractivity contribution >= 4 is 82.1 Å². The monoisotopic (exact) mass is 839 g/mol. The summed E-state index contributed by atoms with van der Waals surface area (Å²) in [6.45, 7) is 0. The third-order valence-corrected chi connectivity index (χ3v) is 13.4. The zero-order valence-corrected chi connectivity index (χ0v) is 36.0. The van der Waals surface area contributed by atoms with Gasteiger partial charge in [-0.3, -0.25) is 0 Å². The van der Waals surface area contributed by atoms with Gasteiger partial charge in [-0.25, -0.2) is 0 Å². The van der Waals surface area contributed by atoms with Crippen LogP contribution in [0.5, 0.6) is 0 Å². The largest absolute Gasteiger partial charge is 0.455 e. The minimum absolute atomic E-state index is 0.862. The molecule has 0 radical (unpaired) electrons. The van der Waals surface area contributed by atoms with Crippen LogP contribution in [-0.4, -0.2) is 0 Å². The van der Waals surface area contributed by atoms with Gasteiger partial charge in [-0.15, -0.1) is 0 Å². The molecule has 308 valence electrons. The molecular weight excluding hydrogens is 799 g/mol. The number of nitrogens with zero attached hydrogens (tertiary/aromatic N) is 1. The molecule has 2 nitrogen and oxygen atoms in total. The molecule has 0 spiro atoms. The molecule has 1 aromatic heterocycles. The summed E-state index contributed by atoms with van der Waals surface area (Å²) < 4.78 is 6.74. The molecule has 66 heavy (non-hydrogen) atoms. The van der Waals surface area contributed by atoms with Crippen LogP contribution in [-0.2, 0) is 0 Å². The summed E-state index contributed by atoms with van der Waals surface area (Å²) in [6.07, 6.45) is 0. The lowest BCUT2D eigenvalue weighted by Crippen LogP contribution is -2.10. The van der Waals surface area contributed by atoms with Gasteiger partial charge in [0.05, 0.1) is 11.1 Å². The van der Waals surface area contributed by atoms with E-state index in [0.29, 0.717) is 0 Å². The normalized spacial score (nSPS) is 11.6. The summed E-state index contributed by atoms with van der Waals surface area (Å²) in [5.41, 5.74) is 14.6. The van der Waals surface area contributed by atoms with Gasteiger partial charge in [-0.2, -0.15) is 0 Å². The molecule has 0 unspecified atom stereocenters. The predicted octanol–water partition coefficient (Wildman–Crippen LogP) is 18.3. The molecule has 0 aliphatic rings. The molecule has 0 aliphatic carbocycles. The summed E-state index contributed by atoms with van der Waals surface area (Å²) in [5, 5.41) is 11.9.